The zero-order chi connectivity index (χ0) is 14.7. The van der Waals surface area contributed by atoms with Crippen molar-refractivity contribution in [1.82, 2.24) is 4.98 Å². The standard InChI is InChI=1S/C16H18N2O2Se/c1-2-20-15(19)14-13(12-8-4-3-5-9-12)17-16(21-14)18-10-6-7-11-18/h3-5,8-9H,2,6-7,10-11H2,1H3. The summed E-state index contributed by atoms with van der Waals surface area (Å²) >= 11 is -0.0538. The van der Waals surface area contributed by atoms with Gasteiger partial charge in [0.05, 0.1) is 0 Å². The number of ether oxygens (including phenoxy) is 1. The van der Waals surface area contributed by atoms with Crippen LogP contribution in [0.15, 0.2) is 30.3 Å². The van der Waals surface area contributed by atoms with Gasteiger partial charge in [0.25, 0.3) is 0 Å². The molecule has 2 heterocycles. The van der Waals surface area contributed by atoms with E-state index in [2.05, 4.69) is 4.90 Å². The van der Waals surface area contributed by atoms with Gasteiger partial charge in [0, 0.05) is 0 Å². The van der Waals surface area contributed by atoms with Crippen LogP contribution in [0.5, 0.6) is 0 Å². The molecule has 0 atom stereocenters. The van der Waals surface area contributed by atoms with Crippen molar-refractivity contribution in [3.63, 3.8) is 0 Å². The molecule has 0 bridgehead atoms. The van der Waals surface area contributed by atoms with Gasteiger partial charge in [-0.1, -0.05) is 0 Å². The van der Waals surface area contributed by atoms with E-state index >= 15 is 0 Å². The molecule has 0 aliphatic carbocycles. The number of carbonyl (C=O) groups excluding carboxylic acids is 1. The Kier molecular flexibility index (Phi) is 4.42. The first-order valence-electron chi connectivity index (χ1n) is 7.28. The Morgan fingerprint density at radius 2 is 2.00 bits per heavy atom. The Balaban J connectivity index is 2.01. The molecule has 0 amide bonds. The molecule has 5 heteroatoms. The summed E-state index contributed by atoms with van der Waals surface area (Å²) in [5, 5.41) is 0. The maximum absolute atomic E-state index is 12.2. The van der Waals surface area contributed by atoms with Crippen molar-refractivity contribution >= 4 is 25.2 Å². The molecule has 110 valence electrons. The third kappa shape index (κ3) is 3.04. The van der Waals surface area contributed by atoms with Crippen LogP contribution >= 0.6 is 0 Å². The zero-order valence-electron chi connectivity index (χ0n) is 12.0. The van der Waals surface area contributed by atoms with Crippen LogP contribution in [-0.2, 0) is 4.74 Å². The summed E-state index contributed by atoms with van der Waals surface area (Å²) in [6.07, 6.45) is 2.43. The quantitative estimate of drug-likeness (QED) is 0.629. The van der Waals surface area contributed by atoms with E-state index in [-0.39, 0.29) is 20.5 Å². The van der Waals surface area contributed by atoms with Crippen molar-refractivity contribution in [3.05, 3.63) is 34.8 Å². The Hall–Kier alpha value is -1.58. The molecule has 0 spiro atoms. The average Bonchev–Trinajstić information content (AvgIpc) is 3.17. The molecule has 1 fully saturated rings. The Labute approximate surface area is 130 Å². The number of anilines is 1. The number of rotatable bonds is 4. The molecule has 0 unspecified atom stereocenters. The molecule has 0 saturated carbocycles. The summed E-state index contributed by atoms with van der Waals surface area (Å²) in [5.41, 5.74) is 1.80. The molecular weight excluding hydrogens is 331 g/mol. The van der Waals surface area contributed by atoms with Gasteiger partial charge in [-0.2, -0.15) is 0 Å². The van der Waals surface area contributed by atoms with E-state index in [0.717, 1.165) is 33.5 Å². The monoisotopic (exact) mass is 350 g/mol. The zero-order valence-corrected chi connectivity index (χ0v) is 13.8. The minimum absolute atomic E-state index is 0.0538. The van der Waals surface area contributed by atoms with Crippen LogP contribution < -0.4 is 4.90 Å². The first-order valence-corrected chi connectivity index (χ1v) is 8.99. The number of nitrogens with zero attached hydrogens (tertiary/aromatic N) is 2. The van der Waals surface area contributed by atoms with E-state index in [1.165, 1.54) is 12.8 Å². The summed E-state index contributed by atoms with van der Waals surface area (Å²) in [7, 11) is 0. The summed E-state index contributed by atoms with van der Waals surface area (Å²) < 4.78 is 7.03. The normalized spacial score (nSPS) is 14.4. The third-order valence-electron chi connectivity index (χ3n) is 3.50. The van der Waals surface area contributed by atoms with Gasteiger partial charge in [-0.15, -0.1) is 0 Å². The van der Waals surface area contributed by atoms with Crippen molar-refractivity contribution in [2.24, 2.45) is 0 Å². The molecule has 1 aliphatic rings. The molecular formula is C16H18N2O2Se. The Bertz CT molecular complexity index is 618. The van der Waals surface area contributed by atoms with E-state index in [1.807, 2.05) is 37.3 Å². The topological polar surface area (TPSA) is 42.4 Å². The van der Waals surface area contributed by atoms with Gasteiger partial charge in [0.1, 0.15) is 0 Å². The molecule has 1 aliphatic heterocycles. The van der Waals surface area contributed by atoms with Gasteiger partial charge in [0.15, 0.2) is 0 Å². The van der Waals surface area contributed by atoms with Gasteiger partial charge in [0.2, 0.25) is 0 Å². The van der Waals surface area contributed by atoms with E-state index in [1.54, 1.807) is 0 Å². The molecule has 2 aromatic rings. The van der Waals surface area contributed by atoms with Crippen molar-refractivity contribution in [1.29, 1.82) is 0 Å². The van der Waals surface area contributed by atoms with Crippen molar-refractivity contribution in [2.45, 2.75) is 19.8 Å². The molecule has 1 aromatic heterocycles. The number of hydrogen-bond acceptors (Lipinski definition) is 4. The van der Waals surface area contributed by atoms with Crippen LogP contribution in [-0.4, -0.2) is 45.2 Å². The van der Waals surface area contributed by atoms with Crippen LogP contribution in [0, 0.1) is 0 Å². The second-order valence-corrected chi connectivity index (χ2v) is 7.01. The van der Waals surface area contributed by atoms with Crippen LogP contribution in [0.4, 0.5) is 4.69 Å². The van der Waals surface area contributed by atoms with E-state index in [0.29, 0.717) is 6.61 Å². The van der Waals surface area contributed by atoms with Crippen molar-refractivity contribution in [2.75, 3.05) is 24.6 Å². The molecule has 0 N–H and O–H groups in total. The fourth-order valence-corrected chi connectivity index (χ4v) is 4.65. The van der Waals surface area contributed by atoms with Crippen LogP contribution in [0.1, 0.15) is 29.0 Å². The number of aromatic nitrogens is 1. The van der Waals surface area contributed by atoms with E-state index in [4.69, 9.17) is 9.72 Å². The average molecular weight is 349 g/mol. The number of benzene rings is 1. The van der Waals surface area contributed by atoms with Gasteiger partial charge >= 0.3 is 130 Å². The fraction of sp³-hybridized carbons (Fsp3) is 0.375. The summed E-state index contributed by atoms with van der Waals surface area (Å²) in [5.74, 6) is -0.214. The van der Waals surface area contributed by atoms with E-state index in [9.17, 15) is 4.79 Å². The van der Waals surface area contributed by atoms with Crippen LogP contribution in [0.2, 0.25) is 0 Å². The SMILES string of the molecule is CCOC(=O)c1[se]c(N2CCCC2)nc1-c1ccccc1. The van der Waals surface area contributed by atoms with Crippen molar-refractivity contribution in [3.8, 4) is 11.3 Å². The first kappa shape index (κ1) is 14.4. The van der Waals surface area contributed by atoms with Gasteiger partial charge in [-0.3, -0.25) is 0 Å². The van der Waals surface area contributed by atoms with Crippen LogP contribution in [0.25, 0.3) is 11.3 Å². The van der Waals surface area contributed by atoms with Crippen molar-refractivity contribution < 1.29 is 9.53 Å². The first-order chi connectivity index (χ1) is 10.3. The molecule has 21 heavy (non-hydrogen) atoms. The van der Waals surface area contributed by atoms with Gasteiger partial charge < -0.3 is 0 Å². The summed E-state index contributed by atoms with van der Waals surface area (Å²) in [4.78, 5) is 19.3. The number of hydrogen-bond donors (Lipinski definition) is 0. The second-order valence-electron chi connectivity index (χ2n) is 4.95. The third-order valence-corrected chi connectivity index (χ3v) is 5.80. The van der Waals surface area contributed by atoms with Gasteiger partial charge in [-0.25, -0.2) is 0 Å². The fourth-order valence-electron chi connectivity index (χ4n) is 2.48. The second kappa shape index (κ2) is 6.46. The predicted molar refractivity (Wildman–Crippen MR) is 84.0 cm³/mol. The number of carbonyl (C=O) groups is 1. The molecule has 3 rings (SSSR count). The minimum atomic E-state index is -0.214. The predicted octanol–water partition coefficient (Wildman–Crippen LogP) is 2.58. The summed E-state index contributed by atoms with van der Waals surface area (Å²) in [6, 6.07) is 9.92. The van der Waals surface area contributed by atoms with E-state index < -0.39 is 0 Å². The maximum atomic E-state index is 12.2. The molecule has 4 nitrogen and oxygen atoms in total. The Morgan fingerprint density at radius 3 is 2.67 bits per heavy atom. The summed E-state index contributed by atoms with van der Waals surface area (Å²) in [6.45, 7) is 4.35. The van der Waals surface area contributed by atoms with Gasteiger partial charge in [-0.05, 0) is 0 Å². The number of esters is 1. The Morgan fingerprint density at radius 1 is 1.29 bits per heavy atom. The molecule has 0 radical (unpaired) electrons. The van der Waals surface area contributed by atoms with Crippen LogP contribution in [0.3, 0.4) is 0 Å². The molecule has 1 aromatic carbocycles. The molecule has 1 saturated heterocycles.